The van der Waals surface area contributed by atoms with Gasteiger partial charge in [0.25, 0.3) is 5.91 Å². The van der Waals surface area contributed by atoms with Gasteiger partial charge in [-0.2, -0.15) is 11.3 Å². The maximum absolute atomic E-state index is 12.0. The smallest absolute Gasteiger partial charge is 0.413 e. The monoisotopic (exact) mass is 333 g/mol. The lowest BCUT2D eigenvalue weighted by Crippen LogP contribution is -2.27. The number of ether oxygens (including phenoxy) is 1. The van der Waals surface area contributed by atoms with E-state index in [1.165, 1.54) is 11.3 Å². The van der Waals surface area contributed by atoms with E-state index in [2.05, 4.69) is 15.6 Å². The Bertz CT molecular complexity index is 706. The average Bonchev–Trinajstić information content (AvgIpc) is 2.93. The minimum Gasteiger partial charge on any atom is -0.444 e. The standard InChI is InChI=1S/C16H19N3O3S/c1-10-12(18-14(20)11-7-8-23-9-11)5-6-13(17-10)19-15(21)22-16(2,3)4/h5-9H,1-4H3,(H,18,20)(H,17,19,21). The summed E-state index contributed by atoms with van der Waals surface area (Å²) >= 11 is 1.46. The van der Waals surface area contributed by atoms with Crippen molar-refractivity contribution < 1.29 is 14.3 Å². The van der Waals surface area contributed by atoms with Crippen LogP contribution in [0.4, 0.5) is 16.3 Å². The van der Waals surface area contributed by atoms with Crippen LogP contribution in [0.5, 0.6) is 0 Å². The number of amides is 2. The number of nitrogens with one attached hydrogen (secondary N) is 2. The molecule has 0 bridgehead atoms. The summed E-state index contributed by atoms with van der Waals surface area (Å²) in [5.41, 5.74) is 1.22. The molecule has 7 heteroatoms. The maximum atomic E-state index is 12.0. The number of carbonyl (C=O) groups excluding carboxylic acids is 2. The Morgan fingerprint density at radius 1 is 1.17 bits per heavy atom. The predicted molar refractivity (Wildman–Crippen MR) is 91.1 cm³/mol. The Morgan fingerprint density at radius 2 is 1.91 bits per heavy atom. The van der Waals surface area contributed by atoms with Gasteiger partial charge in [-0.3, -0.25) is 10.1 Å². The molecule has 0 saturated heterocycles. The summed E-state index contributed by atoms with van der Waals surface area (Å²) in [5, 5.41) is 8.97. The van der Waals surface area contributed by atoms with Gasteiger partial charge in [0.05, 0.1) is 16.9 Å². The molecule has 0 spiro atoms. The summed E-state index contributed by atoms with van der Waals surface area (Å²) in [7, 11) is 0. The highest BCUT2D eigenvalue weighted by molar-refractivity contribution is 7.08. The Morgan fingerprint density at radius 3 is 2.48 bits per heavy atom. The predicted octanol–water partition coefficient (Wildman–Crippen LogP) is 4.05. The molecule has 2 aromatic heterocycles. The van der Waals surface area contributed by atoms with Crippen molar-refractivity contribution in [2.24, 2.45) is 0 Å². The van der Waals surface area contributed by atoms with E-state index in [9.17, 15) is 9.59 Å². The fourth-order valence-corrected chi connectivity index (χ4v) is 2.40. The number of nitrogens with zero attached hydrogens (tertiary/aromatic N) is 1. The highest BCUT2D eigenvalue weighted by atomic mass is 32.1. The summed E-state index contributed by atoms with van der Waals surface area (Å²) in [5.74, 6) is 0.175. The van der Waals surface area contributed by atoms with Gasteiger partial charge < -0.3 is 10.1 Å². The van der Waals surface area contributed by atoms with Crippen molar-refractivity contribution in [3.63, 3.8) is 0 Å². The fourth-order valence-electron chi connectivity index (χ4n) is 1.76. The number of pyridine rings is 1. The quantitative estimate of drug-likeness (QED) is 0.888. The third-order valence-corrected chi connectivity index (χ3v) is 3.43. The molecule has 6 nitrogen and oxygen atoms in total. The van der Waals surface area contributed by atoms with Crippen LogP contribution in [-0.4, -0.2) is 22.6 Å². The van der Waals surface area contributed by atoms with E-state index in [1.54, 1.807) is 51.3 Å². The van der Waals surface area contributed by atoms with Crippen molar-refractivity contribution in [3.8, 4) is 0 Å². The Hall–Kier alpha value is -2.41. The third kappa shape index (κ3) is 5.07. The van der Waals surface area contributed by atoms with Crippen molar-refractivity contribution >= 4 is 34.8 Å². The van der Waals surface area contributed by atoms with Gasteiger partial charge in [-0.05, 0) is 51.3 Å². The second kappa shape index (κ2) is 6.78. The largest absolute Gasteiger partial charge is 0.444 e. The molecule has 23 heavy (non-hydrogen) atoms. The van der Waals surface area contributed by atoms with Crippen LogP contribution in [-0.2, 0) is 4.74 Å². The van der Waals surface area contributed by atoms with Crippen LogP contribution in [0.3, 0.4) is 0 Å². The summed E-state index contributed by atoms with van der Waals surface area (Å²) in [4.78, 5) is 28.0. The molecule has 0 unspecified atom stereocenters. The van der Waals surface area contributed by atoms with Gasteiger partial charge in [0.2, 0.25) is 0 Å². The van der Waals surface area contributed by atoms with Crippen LogP contribution in [0.2, 0.25) is 0 Å². The number of hydrogen-bond acceptors (Lipinski definition) is 5. The van der Waals surface area contributed by atoms with Crippen molar-refractivity contribution in [2.45, 2.75) is 33.3 Å². The van der Waals surface area contributed by atoms with Crippen LogP contribution in [0, 0.1) is 6.92 Å². The van der Waals surface area contributed by atoms with E-state index in [4.69, 9.17) is 4.74 Å². The van der Waals surface area contributed by atoms with Crippen molar-refractivity contribution in [3.05, 3.63) is 40.2 Å². The first kappa shape index (κ1) is 17.0. The van der Waals surface area contributed by atoms with Crippen LogP contribution in [0.15, 0.2) is 29.0 Å². The van der Waals surface area contributed by atoms with E-state index in [0.717, 1.165) is 0 Å². The Kier molecular flexibility index (Phi) is 5.00. The zero-order valence-corrected chi connectivity index (χ0v) is 14.3. The van der Waals surface area contributed by atoms with Crippen LogP contribution >= 0.6 is 11.3 Å². The van der Waals surface area contributed by atoms with Gasteiger partial charge in [0, 0.05) is 5.38 Å². The first-order valence-electron chi connectivity index (χ1n) is 7.06. The number of aromatic nitrogens is 1. The van der Waals surface area contributed by atoms with Gasteiger partial charge in [0.15, 0.2) is 0 Å². The molecule has 2 heterocycles. The molecular formula is C16H19N3O3S. The highest BCUT2D eigenvalue weighted by Gasteiger charge is 2.17. The summed E-state index contributed by atoms with van der Waals surface area (Å²) in [6.45, 7) is 7.11. The first-order chi connectivity index (χ1) is 10.7. The van der Waals surface area contributed by atoms with Gasteiger partial charge in [-0.15, -0.1) is 0 Å². The lowest BCUT2D eigenvalue weighted by Gasteiger charge is -2.19. The average molecular weight is 333 g/mol. The number of carbonyl (C=O) groups is 2. The van der Waals surface area contributed by atoms with Crippen LogP contribution < -0.4 is 10.6 Å². The van der Waals surface area contributed by atoms with Crippen LogP contribution in [0.1, 0.15) is 36.8 Å². The third-order valence-electron chi connectivity index (χ3n) is 2.75. The van der Waals surface area contributed by atoms with Gasteiger partial charge in [0.1, 0.15) is 11.4 Å². The molecule has 0 radical (unpaired) electrons. The SMILES string of the molecule is Cc1nc(NC(=O)OC(C)(C)C)ccc1NC(=O)c1ccsc1. The van der Waals surface area contributed by atoms with E-state index < -0.39 is 11.7 Å². The maximum Gasteiger partial charge on any atom is 0.413 e. The van der Waals surface area contributed by atoms with E-state index in [1.807, 2.05) is 5.38 Å². The number of anilines is 2. The van der Waals surface area contributed by atoms with Crippen molar-refractivity contribution in [1.82, 2.24) is 4.98 Å². The Labute approximate surface area is 138 Å². The summed E-state index contributed by atoms with van der Waals surface area (Å²) < 4.78 is 5.17. The van der Waals surface area contributed by atoms with E-state index >= 15 is 0 Å². The zero-order chi connectivity index (χ0) is 17.0. The molecule has 0 aromatic carbocycles. The minimum absolute atomic E-state index is 0.191. The zero-order valence-electron chi connectivity index (χ0n) is 13.5. The lowest BCUT2D eigenvalue weighted by molar-refractivity contribution is 0.0635. The molecule has 0 atom stereocenters. The van der Waals surface area contributed by atoms with Gasteiger partial charge in [-0.25, -0.2) is 9.78 Å². The number of thiophene rings is 1. The summed E-state index contributed by atoms with van der Waals surface area (Å²) in [6, 6.07) is 5.06. The number of rotatable bonds is 3. The molecule has 0 saturated carbocycles. The minimum atomic E-state index is -0.576. The highest BCUT2D eigenvalue weighted by Crippen LogP contribution is 2.18. The van der Waals surface area contributed by atoms with Crippen molar-refractivity contribution in [1.29, 1.82) is 0 Å². The molecule has 2 N–H and O–H groups in total. The molecule has 0 fully saturated rings. The van der Waals surface area contributed by atoms with Crippen molar-refractivity contribution in [2.75, 3.05) is 10.6 Å². The molecule has 122 valence electrons. The van der Waals surface area contributed by atoms with E-state index in [-0.39, 0.29) is 5.91 Å². The first-order valence-corrected chi connectivity index (χ1v) is 8.00. The van der Waals surface area contributed by atoms with Gasteiger partial charge >= 0.3 is 6.09 Å². The van der Waals surface area contributed by atoms with Crippen LogP contribution in [0.25, 0.3) is 0 Å². The summed E-state index contributed by atoms with van der Waals surface area (Å²) in [6.07, 6.45) is -0.570. The number of aryl methyl sites for hydroxylation is 1. The molecule has 0 aliphatic carbocycles. The fraction of sp³-hybridized carbons (Fsp3) is 0.312. The molecule has 2 aromatic rings. The molecule has 0 aliphatic rings. The molecule has 0 aliphatic heterocycles. The van der Waals surface area contributed by atoms with Gasteiger partial charge in [-0.1, -0.05) is 0 Å². The molecular weight excluding hydrogens is 314 g/mol. The second-order valence-corrected chi connectivity index (χ2v) is 6.70. The normalized spacial score (nSPS) is 11.0. The topological polar surface area (TPSA) is 80.3 Å². The Balaban J connectivity index is 2.03. The lowest BCUT2D eigenvalue weighted by atomic mass is 10.2. The number of hydrogen-bond donors (Lipinski definition) is 2. The molecule has 2 rings (SSSR count). The second-order valence-electron chi connectivity index (χ2n) is 5.92. The molecule has 2 amide bonds. The van der Waals surface area contributed by atoms with E-state index in [0.29, 0.717) is 22.8 Å².